The zero-order chi connectivity index (χ0) is 16.2. The fraction of sp³-hybridized carbons (Fsp3) is 0.400. The maximum atomic E-state index is 12.5. The Morgan fingerprint density at radius 2 is 1.79 bits per heavy atom. The van der Waals surface area contributed by atoms with Gasteiger partial charge >= 0.3 is 0 Å². The number of rotatable bonds is 4. The molecule has 2 amide bonds. The number of piperazine rings is 1. The van der Waals surface area contributed by atoms with Crippen molar-refractivity contribution in [2.45, 2.75) is 6.42 Å². The Kier molecular flexibility index (Phi) is 6.73. The quantitative estimate of drug-likeness (QED) is 0.867. The Bertz CT molecular complexity index is 681. The highest BCUT2D eigenvalue weighted by atomic mass is 35.5. The number of aromatic nitrogens is 1. The van der Waals surface area contributed by atoms with Crippen molar-refractivity contribution < 1.29 is 9.59 Å². The number of hydrogen-bond acceptors (Lipinski definition) is 6. The molecule has 1 saturated heterocycles. The largest absolute Gasteiger partial charge is 0.334 e. The summed E-state index contributed by atoms with van der Waals surface area (Å²) < 4.78 is 0. The molecule has 24 heavy (non-hydrogen) atoms. The number of halogens is 1. The van der Waals surface area contributed by atoms with Gasteiger partial charge in [0.2, 0.25) is 0 Å². The van der Waals surface area contributed by atoms with Crippen molar-refractivity contribution in [3.63, 3.8) is 0 Å². The van der Waals surface area contributed by atoms with Crippen LogP contribution in [-0.2, 0) is 6.42 Å². The van der Waals surface area contributed by atoms with Gasteiger partial charge in [-0.3, -0.25) is 9.59 Å². The summed E-state index contributed by atoms with van der Waals surface area (Å²) in [7, 11) is 0. The van der Waals surface area contributed by atoms with E-state index in [1.807, 2.05) is 17.5 Å². The van der Waals surface area contributed by atoms with Gasteiger partial charge in [0.1, 0.15) is 5.69 Å². The fourth-order valence-corrected chi connectivity index (χ4v) is 3.96. The van der Waals surface area contributed by atoms with Crippen LogP contribution in [0.25, 0.3) is 0 Å². The van der Waals surface area contributed by atoms with Crippen LogP contribution in [0.4, 0.5) is 0 Å². The molecule has 3 heterocycles. The Morgan fingerprint density at radius 3 is 2.38 bits per heavy atom. The van der Waals surface area contributed by atoms with Crippen molar-refractivity contribution in [2.24, 2.45) is 5.73 Å². The highest BCUT2D eigenvalue weighted by Gasteiger charge is 2.26. The molecule has 0 atom stereocenters. The van der Waals surface area contributed by atoms with Crippen molar-refractivity contribution in [1.29, 1.82) is 0 Å². The van der Waals surface area contributed by atoms with E-state index in [9.17, 15) is 9.59 Å². The van der Waals surface area contributed by atoms with E-state index in [4.69, 9.17) is 5.73 Å². The summed E-state index contributed by atoms with van der Waals surface area (Å²) in [6.07, 6.45) is 0.695. The summed E-state index contributed by atoms with van der Waals surface area (Å²) in [5.41, 5.74) is 5.99. The number of amides is 2. The lowest BCUT2D eigenvalue weighted by Gasteiger charge is -2.34. The summed E-state index contributed by atoms with van der Waals surface area (Å²) in [5, 5.41) is 4.58. The number of thiophene rings is 1. The van der Waals surface area contributed by atoms with Gasteiger partial charge in [0.25, 0.3) is 11.8 Å². The maximum absolute atomic E-state index is 12.5. The lowest BCUT2D eigenvalue weighted by atomic mass is 10.2. The molecule has 0 unspecified atom stereocenters. The van der Waals surface area contributed by atoms with Crippen molar-refractivity contribution >= 4 is 46.9 Å². The molecule has 130 valence electrons. The van der Waals surface area contributed by atoms with Crippen LogP contribution in [0.5, 0.6) is 0 Å². The minimum Gasteiger partial charge on any atom is -0.334 e. The van der Waals surface area contributed by atoms with Crippen LogP contribution in [0.3, 0.4) is 0 Å². The van der Waals surface area contributed by atoms with E-state index in [2.05, 4.69) is 4.98 Å². The molecule has 2 aromatic heterocycles. The second-order valence-electron chi connectivity index (χ2n) is 5.23. The van der Waals surface area contributed by atoms with Crippen LogP contribution < -0.4 is 5.73 Å². The van der Waals surface area contributed by atoms with Gasteiger partial charge in [-0.1, -0.05) is 6.07 Å². The molecule has 0 saturated carbocycles. The van der Waals surface area contributed by atoms with Gasteiger partial charge in [-0.2, -0.15) is 0 Å². The molecule has 1 aliphatic rings. The maximum Gasteiger partial charge on any atom is 0.273 e. The first-order valence-electron chi connectivity index (χ1n) is 7.45. The van der Waals surface area contributed by atoms with Crippen LogP contribution in [0.2, 0.25) is 0 Å². The topological polar surface area (TPSA) is 79.5 Å². The van der Waals surface area contributed by atoms with Gasteiger partial charge in [-0.15, -0.1) is 35.1 Å². The van der Waals surface area contributed by atoms with E-state index in [1.165, 1.54) is 22.7 Å². The molecule has 6 nitrogen and oxygen atoms in total. The number of carbonyl (C=O) groups is 2. The molecule has 0 spiro atoms. The Balaban J connectivity index is 0.00000208. The van der Waals surface area contributed by atoms with E-state index in [0.717, 1.165) is 9.88 Å². The van der Waals surface area contributed by atoms with Gasteiger partial charge < -0.3 is 15.5 Å². The van der Waals surface area contributed by atoms with Crippen LogP contribution in [0.15, 0.2) is 22.9 Å². The second kappa shape index (κ2) is 8.57. The van der Waals surface area contributed by atoms with Crippen molar-refractivity contribution in [2.75, 3.05) is 32.7 Å². The lowest BCUT2D eigenvalue weighted by molar-refractivity contribution is 0.0535. The first kappa shape index (κ1) is 18.9. The molecule has 3 rings (SSSR count). The summed E-state index contributed by atoms with van der Waals surface area (Å²) in [5.74, 6) is -0.0151. The first-order valence-corrected chi connectivity index (χ1v) is 9.21. The van der Waals surface area contributed by atoms with E-state index in [0.29, 0.717) is 44.8 Å². The number of carbonyl (C=O) groups excluding carboxylic acids is 2. The predicted octanol–water partition coefficient (Wildman–Crippen LogP) is 1.73. The Hall–Kier alpha value is -1.48. The number of nitrogens with zero attached hydrogens (tertiary/aromatic N) is 3. The molecule has 0 radical (unpaired) electrons. The number of hydrogen-bond donors (Lipinski definition) is 1. The third-order valence-corrected chi connectivity index (χ3v) is 5.48. The van der Waals surface area contributed by atoms with Crippen molar-refractivity contribution in [3.05, 3.63) is 38.5 Å². The summed E-state index contributed by atoms with van der Waals surface area (Å²) in [6.45, 7) is 2.73. The number of nitrogens with two attached hydrogens (primary N) is 1. The average molecular weight is 387 g/mol. The molecular formula is C15H19ClN4O2S2. The molecule has 2 N–H and O–H groups in total. The highest BCUT2D eigenvalue weighted by Crippen LogP contribution is 2.16. The Morgan fingerprint density at radius 1 is 1.12 bits per heavy atom. The molecule has 9 heteroatoms. The first-order chi connectivity index (χ1) is 11.2. The molecule has 0 bridgehead atoms. The minimum absolute atomic E-state index is 0. The third kappa shape index (κ3) is 4.13. The van der Waals surface area contributed by atoms with Gasteiger partial charge in [0.05, 0.1) is 9.88 Å². The molecule has 1 aliphatic heterocycles. The van der Waals surface area contributed by atoms with Gasteiger partial charge in [-0.05, 0) is 18.0 Å². The molecule has 1 fully saturated rings. The van der Waals surface area contributed by atoms with Gasteiger partial charge in [-0.25, -0.2) is 4.98 Å². The normalized spacial score (nSPS) is 14.4. The standard InChI is InChI=1S/C15H18N4O2S2.ClH/c16-4-3-13-17-11(10-23-13)14(20)18-5-7-19(8-6-18)15(21)12-2-1-9-22-12;/h1-2,9-10H,3-8,16H2;1H. The van der Waals surface area contributed by atoms with Gasteiger partial charge in [0, 0.05) is 38.0 Å². The average Bonchev–Trinajstić information content (AvgIpc) is 3.26. The van der Waals surface area contributed by atoms with E-state index in [1.54, 1.807) is 15.2 Å². The van der Waals surface area contributed by atoms with Crippen LogP contribution in [-0.4, -0.2) is 59.3 Å². The summed E-state index contributed by atoms with van der Waals surface area (Å²) >= 11 is 2.91. The van der Waals surface area contributed by atoms with E-state index < -0.39 is 0 Å². The minimum atomic E-state index is -0.0623. The fourth-order valence-electron chi connectivity index (χ4n) is 2.48. The molecular weight excluding hydrogens is 368 g/mol. The Labute approximate surface area is 154 Å². The monoisotopic (exact) mass is 386 g/mol. The van der Waals surface area contributed by atoms with Crippen LogP contribution in [0, 0.1) is 0 Å². The van der Waals surface area contributed by atoms with Crippen molar-refractivity contribution in [1.82, 2.24) is 14.8 Å². The van der Waals surface area contributed by atoms with Crippen LogP contribution >= 0.6 is 35.1 Å². The highest BCUT2D eigenvalue weighted by molar-refractivity contribution is 7.12. The SMILES string of the molecule is Cl.NCCc1nc(C(=O)N2CCN(C(=O)c3cccs3)CC2)cs1. The zero-order valence-electron chi connectivity index (χ0n) is 13.0. The summed E-state index contributed by atoms with van der Waals surface area (Å²) in [6, 6.07) is 3.71. The predicted molar refractivity (Wildman–Crippen MR) is 98.2 cm³/mol. The molecule has 0 aliphatic carbocycles. The smallest absolute Gasteiger partial charge is 0.273 e. The number of thiazole rings is 1. The van der Waals surface area contributed by atoms with E-state index >= 15 is 0 Å². The molecule has 0 aromatic carbocycles. The van der Waals surface area contributed by atoms with Gasteiger partial charge in [0.15, 0.2) is 0 Å². The van der Waals surface area contributed by atoms with E-state index in [-0.39, 0.29) is 24.2 Å². The third-order valence-electron chi connectivity index (χ3n) is 3.72. The molecule has 2 aromatic rings. The zero-order valence-corrected chi connectivity index (χ0v) is 15.5. The lowest BCUT2D eigenvalue weighted by Crippen LogP contribution is -2.50. The second-order valence-corrected chi connectivity index (χ2v) is 7.12. The van der Waals surface area contributed by atoms with Crippen molar-refractivity contribution in [3.8, 4) is 0 Å². The van der Waals surface area contributed by atoms with Crippen LogP contribution in [0.1, 0.15) is 25.2 Å². The summed E-state index contributed by atoms with van der Waals surface area (Å²) in [4.78, 5) is 33.4.